The summed E-state index contributed by atoms with van der Waals surface area (Å²) in [6.45, 7) is 5.21. The third-order valence-corrected chi connectivity index (χ3v) is 6.70. The van der Waals surface area contributed by atoms with E-state index in [1.54, 1.807) is 11.3 Å². The van der Waals surface area contributed by atoms with Gasteiger partial charge in [0.15, 0.2) is 5.69 Å². The number of aromatic nitrogens is 1. The standard InChI is InChI=1S/C24H44NO3S/c1-3-4-5-6-7-8-9-10-11-12-13-14-15-16-19-28-24(27)20-25-21-29-23(17-18-26)22(25)2/h21,26H,3-20H2,1-2H3/q+1. The lowest BCUT2D eigenvalue weighted by atomic mass is 10.0. The molecule has 1 aromatic heterocycles. The van der Waals surface area contributed by atoms with Crippen molar-refractivity contribution >= 4 is 17.3 Å². The molecule has 0 fully saturated rings. The maximum atomic E-state index is 12.0. The lowest BCUT2D eigenvalue weighted by Crippen LogP contribution is -2.39. The minimum absolute atomic E-state index is 0.144. The third kappa shape index (κ3) is 13.1. The highest BCUT2D eigenvalue weighted by atomic mass is 32.1. The molecule has 0 aliphatic heterocycles. The van der Waals surface area contributed by atoms with Gasteiger partial charge in [0.25, 0.3) is 0 Å². The van der Waals surface area contributed by atoms with Crippen LogP contribution < -0.4 is 4.57 Å². The van der Waals surface area contributed by atoms with Crippen LogP contribution in [0.4, 0.5) is 0 Å². The molecule has 0 atom stereocenters. The number of rotatable bonds is 19. The lowest BCUT2D eigenvalue weighted by molar-refractivity contribution is -0.687. The number of carbonyl (C=O) groups excluding carboxylic acids is 1. The van der Waals surface area contributed by atoms with Gasteiger partial charge in [0.1, 0.15) is 0 Å². The number of ether oxygens (including phenoxy) is 1. The van der Waals surface area contributed by atoms with Crippen LogP contribution in [0.5, 0.6) is 0 Å². The fraction of sp³-hybridized carbons (Fsp3) is 0.833. The zero-order chi connectivity index (χ0) is 21.2. The first kappa shape index (κ1) is 26.1. The predicted molar refractivity (Wildman–Crippen MR) is 121 cm³/mol. The Hall–Kier alpha value is -0.940. The van der Waals surface area contributed by atoms with Crippen LogP contribution >= 0.6 is 11.3 Å². The molecular formula is C24H44NO3S+. The fourth-order valence-electron chi connectivity index (χ4n) is 3.62. The van der Waals surface area contributed by atoms with Gasteiger partial charge in [-0.25, -0.2) is 4.79 Å². The number of hydrogen-bond acceptors (Lipinski definition) is 4. The second-order valence-electron chi connectivity index (χ2n) is 8.15. The summed E-state index contributed by atoms with van der Waals surface area (Å²) < 4.78 is 7.29. The van der Waals surface area contributed by atoms with E-state index in [0.717, 1.165) is 23.4 Å². The van der Waals surface area contributed by atoms with Gasteiger partial charge >= 0.3 is 5.97 Å². The Morgan fingerprint density at radius 3 is 1.97 bits per heavy atom. The number of aliphatic hydroxyl groups excluding tert-OH is 1. The number of unbranched alkanes of at least 4 members (excludes halogenated alkanes) is 13. The first-order valence-corrected chi connectivity index (χ1v) is 12.8. The molecule has 1 rings (SSSR count). The average Bonchev–Trinajstić information content (AvgIpc) is 3.05. The summed E-state index contributed by atoms with van der Waals surface area (Å²) in [6.07, 6.45) is 19.3. The summed E-state index contributed by atoms with van der Waals surface area (Å²) in [5, 5.41) is 9.04. The molecule has 0 bridgehead atoms. The molecule has 0 aromatic carbocycles. The zero-order valence-corrected chi connectivity index (χ0v) is 19.7. The van der Waals surface area contributed by atoms with Crippen molar-refractivity contribution in [1.29, 1.82) is 0 Å². The molecule has 0 unspecified atom stereocenters. The number of esters is 1. The Labute approximate surface area is 182 Å². The first-order chi connectivity index (χ1) is 14.2. The molecule has 4 nitrogen and oxygen atoms in total. The lowest BCUT2D eigenvalue weighted by Gasteiger charge is -2.04. The number of carbonyl (C=O) groups is 1. The van der Waals surface area contributed by atoms with Gasteiger partial charge < -0.3 is 9.84 Å². The highest BCUT2D eigenvalue weighted by molar-refractivity contribution is 7.09. The van der Waals surface area contributed by atoms with Gasteiger partial charge in [-0.3, -0.25) is 0 Å². The molecule has 0 spiro atoms. The summed E-state index contributed by atoms with van der Waals surface area (Å²) in [6, 6.07) is 0. The molecule has 1 N–H and O–H groups in total. The van der Waals surface area contributed by atoms with E-state index in [1.165, 1.54) is 77.0 Å². The Bertz CT molecular complexity index is 530. The largest absolute Gasteiger partial charge is 0.461 e. The first-order valence-electron chi connectivity index (χ1n) is 11.9. The van der Waals surface area contributed by atoms with Crippen LogP contribution in [0.2, 0.25) is 0 Å². The maximum absolute atomic E-state index is 12.0. The molecule has 0 saturated carbocycles. The number of aliphatic hydroxyl groups is 1. The minimum atomic E-state index is -0.166. The molecule has 168 valence electrons. The molecule has 0 radical (unpaired) electrons. The summed E-state index contributed by atoms with van der Waals surface area (Å²) in [5.74, 6) is -0.166. The monoisotopic (exact) mass is 426 g/mol. The molecule has 1 aromatic rings. The van der Waals surface area contributed by atoms with Gasteiger partial charge in [-0.05, 0) is 6.42 Å². The normalized spacial score (nSPS) is 11.1. The van der Waals surface area contributed by atoms with Gasteiger partial charge in [-0.1, -0.05) is 102 Å². The van der Waals surface area contributed by atoms with Crippen molar-refractivity contribution in [1.82, 2.24) is 0 Å². The topological polar surface area (TPSA) is 50.4 Å². The van der Waals surface area contributed by atoms with Crippen molar-refractivity contribution in [2.75, 3.05) is 13.2 Å². The number of nitrogens with zero attached hydrogens (tertiary/aromatic N) is 1. The summed E-state index contributed by atoms with van der Waals surface area (Å²) in [5.41, 5.74) is 2.99. The van der Waals surface area contributed by atoms with Crippen LogP contribution in [0.1, 0.15) is 107 Å². The Balaban J connectivity index is 1.89. The molecule has 5 heteroatoms. The molecule has 1 heterocycles. The number of hydrogen-bond donors (Lipinski definition) is 1. The van der Waals surface area contributed by atoms with Gasteiger partial charge in [-0.2, -0.15) is 4.57 Å². The molecule has 0 saturated heterocycles. The zero-order valence-electron chi connectivity index (χ0n) is 18.9. The van der Waals surface area contributed by atoms with Crippen LogP contribution in [-0.4, -0.2) is 24.3 Å². The predicted octanol–water partition coefficient (Wildman–Crippen LogP) is 5.90. The molecule has 29 heavy (non-hydrogen) atoms. The SMILES string of the molecule is CCCCCCCCCCCCCCCCOC(=O)C[n+]1csc(CCO)c1C. The summed E-state index contributed by atoms with van der Waals surface area (Å²) in [7, 11) is 0. The fourth-order valence-corrected chi connectivity index (χ4v) is 4.60. The van der Waals surface area contributed by atoms with Gasteiger partial charge in [0.2, 0.25) is 12.1 Å². The molecule has 0 amide bonds. The average molecular weight is 427 g/mol. The van der Waals surface area contributed by atoms with Crippen molar-refractivity contribution in [3.8, 4) is 0 Å². The van der Waals surface area contributed by atoms with E-state index >= 15 is 0 Å². The van der Waals surface area contributed by atoms with Crippen LogP contribution in [0.3, 0.4) is 0 Å². The highest BCUT2D eigenvalue weighted by Gasteiger charge is 2.18. The summed E-state index contributed by atoms with van der Waals surface area (Å²) in [4.78, 5) is 13.1. The van der Waals surface area contributed by atoms with Crippen LogP contribution in [0.15, 0.2) is 5.51 Å². The van der Waals surface area contributed by atoms with Gasteiger partial charge in [-0.15, -0.1) is 0 Å². The van der Waals surface area contributed by atoms with Crippen LogP contribution in [-0.2, 0) is 22.5 Å². The van der Waals surface area contributed by atoms with Gasteiger partial charge in [0, 0.05) is 20.0 Å². The van der Waals surface area contributed by atoms with Crippen molar-refractivity contribution in [2.24, 2.45) is 0 Å². The van der Waals surface area contributed by atoms with Crippen molar-refractivity contribution in [3.63, 3.8) is 0 Å². The Morgan fingerprint density at radius 2 is 1.45 bits per heavy atom. The molecular weight excluding hydrogens is 382 g/mol. The van der Waals surface area contributed by atoms with E-state index in [1.807, 2.05) is 17.0 Å². The second-order valence-corrected chi connectivity index (χ2v) is 9.09. The van der Waals surface area contributed by atoms with Crippen molar-refractivity contribution in [3.05, 3.63) is 16.1 Å². The molecule has 0 aliphatic carbocycles. The van der Waals surface area contributed by atoms with E-state index in [0.29, 0.717) is 13.0 Å². The maximum Gasteiger partial charge on any atom is 0.372 e. The van der Waals surface area contributed by atoms with E-state index in [2.05, 4.69) is 6.92 Å². The second kappa shape index (κ2) is 17.9. The van der Waals surface area contributed by atoms with Crippen LogP contribution in [0.25, 0.3) is 0 Å². The van der Waals surface area contributed by atoms with E-state index in [4.69, 9.17) is 9.84 Å². The highest BCUT2D eigenvalue weighted by Crippen LogP contribution is 2.13. The van der Waals surface area contributed by atoms with E-state index in [9.17, 15) is 4.79 Å². The Kier molecular flexibility index (Phi) is 16.1. The van der Waals surface area contributed by atoms with E-state index in [-0.39, 0.29) is 19.1 Å². The van der Waals surface area contributed by atoms with Crippen LogP contribution in [0, 0.1) is 6.92 Å². The number of thiazole rings is 1. The van der Waals surface area contributed by atoms with Gasteiger partial charge in [0.05, 0.1) is 11.5 Å². The Morgan fingerprint density at radius 1 is 0.931 bits per heavy atom. The quantitative estimate of drug-likeness (QED) is 0.170. The smallest absolute Gasteiger partial charge is 0.372 e. The van der Waals surface area contributed by atoms with E-state index < -0.39 is 0 Å². The third-order valence-electron chi connectivity index (χ3n) is 5.56. The van der Waals surface area contributed by atoms with Crippen molar-refractivity contribution in [2.45, 2.75) is 117 Å². The van der Waals surface area contributed by atoms with Crippen molar-refractivity contribution < 1.29 is 19.2 Å². The summed E-state index contributed by atoms with van der Waals surface area (Å²) >= 11 is 1.59. The minimum Gasteiger partial charge on any atom is -0.461 e. The molecule has 0 aliphatic rings.